The largest absolute Gasteiger partial charge is 0.495 e. The second-order valence-corrected chi connectivity index (χ2v) is 10.4. The van der Waals surface area contributed by atoms with E-state index in [-0.39, 0.29) is 34.4 Å². The van der Waals surface area contributed by atoms with Crippen LogP contribution in [0.15, 0.2) is 22.5 Å². The number of hydrogen-bond donors (Lipinski definition) is 1. The van der Waals surface area contributed by atoms with E-state index in [2.05, 4.69) is 20.3 Å². The number of benzene rings is 1. The number of esters is 1. The number of sulfonamides is 1. The van der Waals surface area contributed by atoms with Gasteiger partial charge in [-0.15, -0.1) is 10.2 Å². The van der Waals surface area contributed by atoms with Gasteiger partial charge in [0.2, 0.25) is 21.1 Å². The molecule has 16 heteroatoms. The number of amides is 1. The molecule has 0 aliphatic rings. The van der Waals surface area contributed by atoms with Gasteiger partial charge in [0, 0.05) is 12.1 Å². The first-order chi connectivity index (χ1) is 15.5. The maximum atomic E-state index is 13.0. The van der Waals surface area contributed by atoms with Crippen molar-refractivity contribution in [3.05, 3.63) is 28.3 Å². The quantitative estimate of drug-likeness (QED) is 0.151. The molecular formula is C17H21N5O8S3. The van der Waals surface area contributed by atoms with Gasteiger partial charge in [-0.1, -0.05) is 30.0 Å². The molecule has 180 valence electrons. The first-order valence-corrected chi connectivity index (χ1v) is 12.8. The molecule has 1 N–H and O–H groups in total. The van der Waals surface area contributed by atoms with Crippen LogP contribution in [0.5, 0.6) is 5.75 Å². The molecule has 0 aliphatic carbocycles. The van der Waals surface area contributed by atoms with Crippen molar-refractivity contribution in [2.45, 2.75) is 23.7 Å². The summed E-state index contributed by atoms with van der Waals surface area (Å²) in [5.74, 6) is -1.14. The molecule has 0 saturated heterocycles. The van der Waals surface area contributed by atoms with Gasteiger partial charge in [-0.3, -0.25) is 29.3 Å². The monoisotopic (exact) mass is 519 g/mol. The first kappa shape index (κ1) is 26.3. The number of nitro benzene ring substituents is 1. The van der Waals surface area contributed by atoms with E-state index in [0.717, 1.165) is 39.7 Å². The highest BCUT2D eigenvalue weighted by atomic mass is 32.2. The summed E-state index contributed by atoms with van der Waals surface area (Å²) in [6.07, 6.45) is 0.918. The third-order valence-corrected chi connectivity index (χ3v) is 7.23. The number of rotatable bonds is 11. The average molecular weight is 520 g/mol. The molecule has 2 aromatic rings. The van der Waals surface area contributed by atoms with Gasteiger partial charge in [0.25, 0.3) is 5.69 Å². The summed E-state index contributed by atoms with van der Waals surface area (Å²) < 4.78 is 36.2. The standard InChI is InChI=1S/C17H21N5O8S3/c1-5-11(15(24)18-16-19-20-17(32-16)31-9-14(23)30-3)21(33(4,27)28)12-8-10(22(25)26)6-7-13(12)29-2/h6-8,11H,5,9H2,1-4H3,(H,18,19,24)/t11-/m0/s1. The van der Waals surface area contributed by atoms with Gasteiger partial charge >= 0.3 is 5.97 Å². The third-order valence-electron chi connectivity index (χ3n) is 4.12. The number of non-ortho nitro benzene ring substituents is 1. The molecule has 0 saturated carbocycles. The summed E-state index contributed by atoms with van der Waals surface area (Å²) in [6, 6.07) is 2.18. The minimum atomic E-state index is -4.08. The number of nitrogens with one attached hydrogen (secondary N) is 1. The molecule has 0 bridgehead atoms. The Bertz CT molecular complexity index is 1140. The Kier molecular flexibility index (Phi) is 8.95. The number of nitrogens with zero attached hydrogens (tertiary/aromatic N) is 4. The topological polar surface area (TPSA) is 171 Å². The van der Waals surface area contributed by atoms with Gasteiger partial charge < -0.3 is 9.47 Å². The van der Waals surface area contributed by atoms with Crippen LogP contribution >= 0.6 is 23.1 Å². The predicted molar refractivity (Wildman–Crippen MR) is 122 cm³/mol. The fraction of sp³-hybridized carbons (Fsp3) is 0.412. The summed E-state index contributed by atoms with van der Waals surface area (Å²) in [5.41, 5.74) is -0.520. The smallest absolute Gasteiger partial charge is 0.316 e. The molecule has 0 fully saturated rings. The Morgan fingerprint density at radius 1 is 1.33 bits per heavy atom. The molecule has 33 heavy (non-hydrogen) atoms. The minimum Gasteiger partial charge on any atom is -0.495 e. The van der Waals surface area contributed by atoms with Crippen molar-refractivity contribution in [3.8, 4) is 5.75 Å². The van der Waals surface area contributed by atoms with E-state index >= 15 is 0 Å². The number of aromatic nitrogens is 2. The summed E-state index contributed by atoms with van der Waals surface area (Å²) in [5, 5.41) is 21.5. The lowest BCUT2D eigenvalue weighted by Crippen LogP contribution is -2.47. The Morgan fingerprint density at radius 3 is 2.58 bits per heavy atom. The molecule has 13 nitrogen and oxygen atoms in total. The Morgan fingerprint density at radius 2 is 2.03 bits per heavy atom. The molecule has 1 amide bonds. The summed E-state index contributed by atoms with van der Waals surface area (Å²) in [6.45, 7) is 1.59. The Hall–Kier alpha value is -2.98. The van der Waals surface area contributed by atoms with Gasteiger partial charge in [-0.25, -0.2) is 8.42 Å². The molecule has 0 radical (unpaired) electrons. The van der Waals surface area contributed by atoms with Crippen molar-refractivity contribution < 1.29 is 32.4 Å². The van der Waals surface area contributed by atoms with Gasteiger partial charge in [0.1, 0.15) is 17.5 Å². The van der Waals surface area contributed by atoms with Gasteiger partial charge in [0.15, 0.2) is 4.34 Å². The lowest BCUT2D eigenvalue weighted by Gasteiger charge is -2.30. The highest BCUT2D eigenvalue weighted by molar-refractivity contribution is 8.01. The van der Waals surface area contributed by atoms with Crippen LogP contribution in [0.3, 0.4) is 0 Å². The van der Waals surface area contributed by atoms with Crippen molar-refractivity contribution in [3.63, 3.8) is 0 Å². The van der Waals surface area contributed by atoms with Crippen molar-refractivity contribution in [2.75, 3.05) is 35.9 Å². The van der Waals surface area contributed by atoms with Crippen LogP contribution < -0.4 is 14.4 Å². The van der Waals surface area contributed by atoms with Crippen molar-refractivity contribution in [2.24, 2.45) is 0 Å². The van der Waals surface area contributed by atoms with Crippen LogP contribution in [-0.2, 0) is 24.3 Å². The Labute approximate surface area is 197 Å². The van der Waals surface area contributed by atoms with E-state index in [1.54, 1.807) is 6.92 Å². The molecule has 0 aliphatic heterocycles. The maximum Gasteiger partial charge on any atom is 0.316 e. The van der Waals surface area contributed by atoms with Crippen molar-refractivity contribution in [1.82, 2.24) is 10.2 Å². The zero-order valence-electron chi connectivity index (χ0n) is 18.0. The molecule has 1 atom stereocenters. The minimum absolute atomic E-state index is 0.00506. The van der Waals surface area contributed by atoms with E-state index in [9.17, 15) is 28.1 Å². The summed E-state index contributed by atoms with van der Waals surface area (Å²) in [7, 11) is -1.54. The van der Waals surface area contributed by atoms with Crippen LogP contribution in [0.2, 0.25) is 0 Å². The van der Waals surface area contributed by atoms with Gasteiger partial charge in [-0.05, 0) is 12.5 Å². The molecule has 1 aromatic heterocycles. The molecule has 0 unspecified atom stereocenters. The fourth-order valence-corrected chi connectivity index (χ4v) is 5.48. The van der Waals surface area contributed by atoms with Gasteiger partial charge in [-0.2, -0.15) is 0 Å². The highest BCUT2D eigenvalue weighted by Crippen LogP contribution is 2.36. The normalized spacial score (nSPS) is 12.0. The summed E-state index contributed by atoms with van der Waals surface area (Å²) in [4.78, 5) is 34.8. The molecular weight excluding hydrogens is 498 g/mol. The lowest BCUT2D eigenvalue weighted by atomic mass is 10.1. The Balaban J connectivity index is 2.36. The van der Waals surface area contributed by atoms with Gasteiger partial charge in [0.05, 0.1) is 31.2 Å². The van der Waals surface area contributed by atoms with Crippen LogP contribution in [0, 0.1) is 10.1 Å². The molecule has 0 spiro atoms. The van der Waals surface area contributed by atoms with E-state index in [1.807, 2.05) is 0 Å². The second-order valence-electron chi connectivity index (χ2n) is 6.32. The number of nitro groups is 1. The van der Waals surface area contributed by atoms with E-state index < -0.39 is 32.9 Å². The van der Waals surface area contributed by atoms with E-state index in [1.165, 1.54) is 26.4 Å². The van der Waals surface area contributed by atoms with Crippen LogP contribution in [0.1, 0.15) is 13.3 Å². The number of hydrogen-bond acceptors (Lipinski definition) is 12. The number of thioether (sulfide) groups is 1. The van der Waals surface area contributed by atoms with E-state index in [4.69, 9.17) is 4.74 Å². The van der Waals surface area contributed by atoms with E-state index in [0.29, 0.717) is 4.34 Å². The van der Waals surface area contributed by atoms with Crippen molar-refractivity contribution in [1.29, 1.82) is 0 Å². The number of carbonyl (C=O) groups is 2. The number of ether oxygens (including phenoxy) is 2. The van der Waals surface area contributed by atoms with Crippen LogP contribution in [-0.4, -0.2) is 67.7 Å². The zero-order valence-corrected chi connectivity index (χ0v) is 20.5. The molecule has 1 aromatic carbocycles. The first-order valence-electron chi connectivity index (χ1n) is 9.17. The average Bonchev–Trinajstić information content (AvgIpc) is 3.21. The van der Waals surface area contributed by atoms with Crippen LogP contribution in [0.25, 0.3) is 0 Å². The third kappa shape index (κ3) is 6.75. The number of carbonyl (C=O) groups excluding carboxylic acids is 2. The second kappa shape index (κ2) is 11.2. The molecule has 1 heterocycles. The molecule has 2 rings (SSSR count). The predicted octanol–water partition coefficient (Wildman–Crippen LogP) is 1.90. The number of methoxy groups -OCH3 is 2. The SMILES string of the molecule is CC[C@@H](C(=O)Nc1nnc(SCC(=O)OC)s1)N(c1cc([N+](=O)[O-])ccc1OC)S(C)(=O)=O. The zero-order chi connectivity index (χ0) is 24.8. The number of anilines is 2. The van der Waals surface area contributed by atoms with Crippen molar-refractivity contribution >= 4 is 61.5 Å². The van der Waals surface area contributed by atoms with Crippen LogP contribution in [0.4, 0.5) is 16.5 Å². The maximum absolute atomic E-state index is 13.0. The highest BCUT2D eigenvalue weighted by Gasteiger charge is 2.35. The lowest BCUT2D eigenvalue weighted by molar-refractivity contribution is -0.384. The summed E-state index contributed by atoms with van der Waals surface area (Å²) >= 11 is 2.05. The fourth-order valence-electron chi connectivity index (χ4n) is 2.69.